The zero-order valence-electron chi connectivity index (χ0n) is 9.88. The van der Waals surface area contributed by atoms with Gasteiger partial charge in [-0.3, -0.25) is 4.79 Å². The van der Waals surface area contributed by atoms with Crippen molar-refractivity contribution < 1.29 is 4.74 Å². The topological polar surface area (TPSA) is 31.2 Å². The molecular weight excluding hydrogens is 294 g/mol. The highest BCUT2D eigenvalue weighted by Gasteiger charge is 1.99. The number of aryl methyl sites for hydroxylation is 1. The number of benzene rings is 1. The van der Waals surface area contributed by atoms with Crippen LogP contribution in [0, 0.1) is 0 Å². The van der Waals surface area contributed by atoms with Crippen molar-refractivity contribution in [3.8, 4) is 5.75 Å². The van der Waals surface area contributed by atoms with Crippen LogP contribution in [0.5, 0.6) is 5.75 Å². The van der Waals surface area contributed by atoms with E-state index in [0.717, 1.165) is 12.2 Å². The molecule has 0 aliphatic heterocycles. The van der Waals surface area contributed by atoms with E-state index in [2.05, 4.69) is 15.9 Å². The summed E-state index contributed by atoms with van der Waals surface area (Å²) in [6.45, 7) is 1.26. The van der Waals surface area contributed by atoms with Crippen LogP contribution >= 0.6 is 15.9 Å². The summed E-state index contributed by atoms with van der Waals surface area (Å²) in [4.78, 5) is 11.7. The largest absolute Gasteiger partial charge is 0.494 e. The van der Waals surface area contributed by atoms with Crippen molar-refractivity contribution in [1.82, 2.24) is 4.57 Å². The second-order valence-corrected chi connectivity index (χ2v) is 4.72. The first-order valence-corrected chi connectivity index (χ1v) is 6.59. The number of ether oxygens (including phenoxy) is 1. The highest BCUT2D eigenvalue weighted by atomic mass is 79.9. The number of pyridine rings is 1. The van der Waals surface area contributed by atoms with Gasteiger partial charge in [0.05, 0.1) is 11.1 Å². The number of aromatic nitrogens is 1. The molecule has 1 aromatic carbocycles. The zero-order valence-corrected chi connectivity index (χ0v) is 11.5. The van der Waals surface area contributed by atoms with Crippen molar-refractivity contribution in [3.63, 3.8) is 0 Å². The molecule has 0 amide bonds. The standard InChI is InChI=1S/C14H14BrNO2/c15-13-8-4-9-16(14(13)17)10-5-11-18-12-6-2-1-3-7-12/h1-4,6-9H,5,10-11H2. The number of halogens is 1. The Hall–Kier alpha value is -1.55. The van der Waals surface area contributed by atoms with E-state index in [1.165, 1.54) is 0 Å². The molecule has 94 valence electrons. The normalized spacial score (nSPS) is 10.3. The van der Waals surface area contributed by atoms with E-state index in [9.17, 15) is 4.79 Å². The molecule has 0 aliphatic rings. The molecule has 2 aromatic rings. The summed E-state index contributed by atoms with van der Waals surface area (Å²) >= 11 is 3.23. The number of hydrogen-bond acceptors (Lipinski definition) is 2. The fourth-order valence-electron chi connectivity index (χ4n) is 1.63. The van der Waals surface area contributed by atoms with Gasteiger partial charge in [0.1, 0.15) is 5.75 Å². The first-order valence-electron chi connectivity index (χ1n) is 5.80. The molecule has 0 radical (unpaired) electrons. The van der Waals surface area contributed by atoms with Crippen LogP contribution in [0.1, 0.15) is 6.42 Å². The van der Waals surface area contributed by atoms with E-state index >= 15 is 0 Å². The van der Waals surface area contributed by atoms with Gasteiger partial charge in [0.25, 0.3) is 5.56 Å². The second-order valence-electron chi connectivity index (χ2n) is 3.87. The monoisotopic (exact) mass is 307 g/mol. The van der Waals surface area contributed by atoms with E-state index in [1.807, 2.05) is 36.4 Å². The molecule has 0 atom stereocenters. The molecule has 0 unspecified atom stereocenters. The Morgan fingerprint density at radius 1 is 1.11 bits per heavy atom. The lowest BCUT2D eigenvalue weighted by Crippen LogP contribution is -2.20. The van der Waals surface area contributed by atoms with Gasteiger partial charge in [-0.05, 0) is 46.6 Å². The van der Waals surface area contributed by atoms with E-state index in [-0.39, 0.29) is 5.56 Å². The van der Waals surface area contributed by atoms with Gasteiger partial charge in [-0.1, -0.05) is 18.2 Å². The first kappa shape index (κ1) is 12.9. The maximum atomic E-state index is 11.7. The van der Waals surface area contributed by atoms with Gasteiger partial charge in [-0.25, -0.2) is 0 Å². The van der Waals surface area contributed by atoms with Crippen LogP contribution in [0.3, 0.4) is 0 Å². The molecule has 4 heteroatoms. The average molecular weight is 308 g/mol. The number of nitrogens with zero attached hydrogens (tertiary/aromatic N) is 1. The van der Waals surface area contributed by atoms with Gasteiger partial charge in [-0.15, -0.1) is 0 Å². The highest BCUT2D eigenvalue weighted by molar-refractivity contribution is 9.10. The maximum absolute atomic E-state index is 11.7. The minimum atomic E-state index is -0.00258. The van der Waals surface area contributed by atoms with Crippen molar-refractivity contribution in [2.75, 3.05) is 6.61 Å². The lowest BCUT2D eigenvalue weighted by Gasteiger charge is -2.07. The van der Waals surface area contributed by atoms with Crippen LogP contribution in [0.15, 0.2) is 57.9 Å². The van der Waals surface area contributed by atoms with E-state index in [4.69, 9.17) is 4.74 Å². The summed E-state index contributed by atoms with van der Waals surface area (Å²) in [7, 11) is 0. The molecule has 18 heavy (non-hydrogen) atoms. The molecule has 0 saturated carbocycles. The Balaban J connectivity index is 1.82. The summed E-state index contributed by atoms with van der Waals surface area (Å²) in [5.74, 6) is 0.860. The van der Waals surface area contributed by atoms with Gasteiger partial charge in [0.15, 0.2) is 0 Å². The predicted molar refractivity (Wildman–Crippen MR) is 75.0 cm³/mol. The third kappa shape index (κ3) is 3.47. The molecule has 0 spiro atoms. The van der Waals surface area contributed by atoms with Crippen molar-refractivity contribution in [2.24, 2.45) is 0 Å². The van der Waals surface area contributed by atoms with E-state index in [0.29, 0.717) is 17.6 Å². The average Bonchev–Trinajstić information content (AvgIpc) is 2.40. The molecule has 3 nitrogen and oxygen atoms in total. The van der Waals surface area contributed by atoms with E-state index < -0.39 is 0 Å². The van der Waals surface area contributed by atoms with Crippen LogP contribution in [0.4, 0.5) is 0 Å². The lowest BCUT2D eigenvalue weighted by atomic mass is 10.3. The molecule has 0 N–H and O–H groups in total. The van der Waals surface area contributed by atoms with Gasteiger partial charge < -0.3 is 9.30 Å². The molecule has 0 bridgehead atoms. The Kier molecular flexibility index (Phi) is 4.59. The van der Waals surface area contributed by atoms with Crippen molar-refractivity contribution in [2.45, 2.75) is 13.0 Å². The predicted octanol–water partition coefficient (Wildman–Crippen LogP) is 3.08. The Morgan fingerprint density at radius 3 is 2.67 bits per heavy atom. The minimum absolute atomic E-state index is 0.00258. The van der Waals surface area contributed by atoms with Gasteiger partial charge in [0.2, 0.25) is 0 Å². The van der Waals surface area contributed by atoms with Crippen LogP contribution in [0.25, 0.3) is 0 Å². The summed E-state index contributed by atoms with van der Waals surface area (Å²) in [5, 5.41) is 0. The Labute approximate surface area is 114 Å². The van der Waals surface area contributed by atoms with Gasteiger partial charge >= 0.3 is 0 Å². The summed E-state index contributed by atoms with van der Waals surface area (Å²) < 4.78 is 7.84. The Bertz CT molecular complexity index is 551. The van der Waals surface area contributed by atoms with Gasteiger partial charge in [0, 0.05) is 12.7 Å². The third-order valence-corrected chi connectivity index (χ3v) is 3.13. The van der Waals surface area contributed by atoms with Gasteiger partial charge in [-0.2, -0.15) is 0 Å². The van der Waals surface area contributed by atoms with Crippen LogP contribution in [-0.2, 0) is 6.54 Å². The molecule has 0 fully saturated rings. The fourth-order valence-corrected chi connectivity index (χ4v) is 2.01. The molecule has 0 saturated heterocycles. The second kappa shape index (κ2) is 6.40. The molecule has 1 heterocycles. The number of para-hydroxylation sites is 1. The number of rotatable bonds is 5. The molecule has 0 aliphatic carbocycles. The maximum Gasteiger partial charge on any atom is 0.264 e. The zero-order chi connectivity index (χ0) is 12.8. The summed E-state index contributed by atoms with van der Waals surface area (Å²) in [5.41, 5.74) is -0.00258. The van der Waals surface area contributed by atoms with Crippen LogP contribution in [0.2, 0.25) is 0 Å². The Morgan fingerprint density at radius 2 is 1.89 bits per heavy atom. The summed E-state index contributed by atoms with van der Waals surface area (Å²) in [6.07, 6.45) is 2.58. The highest BCUT2D eigenvalue weighted by Crippen LogP contribution is 2.08. The third-order valence-electron chi connectivity index (χ3n) is 2.53. The quantitative estimate of drug-likeness (QED) is 0.795. The first-order chi connectivity index (χ1) is 8.77. The number of hydrogen-bond donors (Lipinski definition) is 0. The van der Waals surface area contributed by atoms with Crippen molar-refractivity contribution in [1.29, 1.82) is 0 Å². The van der Waals surface area contributed by atoms with E-state index in [1.54, 1.807) is 16.8 Å². The SMILES string of the molecule is O=c1c(Br)cccn1CCCOc1ccccc1. The minimum Gasteiger partial charge on any atom is -0.494 e. The van der Waals surface area contributed by atoms with Crippen molar-refractivity contribution >= 4 is 15.9 Å². The summed E-state index contributed by atoms with van der Waals surface area (Å²) in [6, 6.07) is 13.3. The fraction of sp³-hybridized carbons (Fsp3) is 0.214. The van der Waals surface area contributed by atoms with Crippen LogP contribution in [-0.4, -0.2) is 11.2 Å². The lowest BCUT2D eigenvalue weighted by molar-refractivity contribution is 0.301. The molecule has 2 rings (SSSR count). The molecule has 1 aromatic heterocycles. The van der Waals surface area contributed by atoms with Crippen LogP contribution < -0.4 is 10.3 Å². The smallest absolute Gasteiger partial charge is 0.264 e. The molecular formula is C14H14BrNO2. The van der Waals surface area contributed by atoms with Crippen molar-refractivity contribution in [3.05, 3.63) is 63.5 Å².